The van der Waals surface area contributed by atoms with Crippen molar-refractivity contribution in [2.75, 3.05) is 52.2 Å². The number of para-hydroxylation sites is 1. The molecule has 5 nitrogen and oxygen atoms in total. The zero-order valence-electron chi connectivity index (χ0n) is 27.9. The number of rotatable bonds is 5. The van der Waals surface area contributed by atoms with Crippen molar-refractivity contribution in [2.45, 2.75) is 9.79 Å². The number of fused-ring (bicyclic) bond motifs is 2. The summed E-state index contributed by atoms with van der Waals surface area (Å²) < 4.78 is 122. The highest BCUT2D eigenvalue weighted by molar-refractivity contribution is 7.99. The van der Waals surface area contributed by atoms with Crippen LogP contribution >= 0.6 is 11.8 Å². The fourth-order valence-electron chi connectivity index (χ4n) is 2.40. The smallest absolute Gasteiger partial charge is 0.137 e. The summed E-state index contributed by atoms with van der Waals surface area (Å²) in [7, 11) is 0. The molecule has 4 rings (SSSR count). The van der Waals surface area contributed by atoms with E-state index in [1.807, 2.05) is 0 Å². The second-order valence-electron chi connectivity index (χ2n) is 5.28. The molecule has 0 atom stereocenters. The van der Waals surface area contributed by atoms with Crippen molar-refractivity contribution in [3.8, 4) is 0 Å². The van der Waals surface area contributed by atoms with Gasteiger partial charge in [0.25, 0.3) is 0 Å². The van der Waals surface area contributed by atoms with Crippen LogP contribution in [-0.4, -0.2) is 73.0 Å². The Morgan fingerprint density at radius 2 is 1.81 bits per heavy atom. The molecule has 0 saturated carbocycles. The molecule has 2 aromatic carbocycles. The number of aliphatic imine (C=N–C) groups is 1. The largest absolute Gasteiger partial charge is 0.394 e. The van der Waals surface area contributed by atoms with Crippen LogP contribution in [0.5, 0.6) is 0 Å². The first-order valence-electron chi connectivity index (χ1n) is 14.9. The molecule has 2 heterocycles. The van der Waals surface area contributed by atoms with E-state index in [-0.39, 0.29) is 16.2 Å². The van der Waals surface area contributed by atoms with Gasteiger partial charge in [0.1, 0.15) is 5.84 Å². The van der Waals surface area contributed by atoms with Crippen molar-refractivity contribution < 1.29 is 29.0 Å². The SMILES string of the molecule is [2H]C([2H])(O)COC([2H])([2H])C([2H])([2H])N1C([2H])([2H])C([2H])([2H])N(C2=Nc3ccccc3Sc3ccccc32)C([2H])([2H])C1([2H])[2H]. The second kappa shape index (κ2) is 8.89. The van der Waals surface area contributed by atoms with Crippen LogP contribution in [0.15, 0.2) is 63.3 Å². The van der Waals surface area contributed by atoms with Gasteiger partial charge in [0.05, 0.1) is 36.4 Å². The van der Waals surface area contributed by atoms with Gasteiger partial charge in [0, 0.05) is 56.1 Å². The van der Waals surface area contributed by atoms with Gasteiger partial charge in [-0.2, -0.15) is 0 Å². The van der Waals surface area contributed by atoms with Crippen LogP contribution in [0.1, 0.15) is 24.8 Å². The lowest BCUT2D eigenvalue weighted by atomic mass is 10.1. The maximum absolute atomic E-state index is 9.30. The molecule has 0 aromatic heterocycles. The molecule has 1 fully saturated rings. The average Bonchev–Trinajstić information content (AvgIpc) is 2.97. The zero-order valence-corrected chi connectivity index (χ0v) is 14.7. The first kappa shape index (κ1) is 8.25. The summed E-state index contributed by atoms with van der Waals surface area (Å²) in [6.45, 7) is -27.2. The van der Waals surface area contributed by atoms with E-state index in [1.165, 1.54) is 17.8 Å². The van der Waals surface area contributed by atoms with Crippen LogP contribution in [0.4, 0.5) is 5.69 Å². The first-order valence-corrected chi connectivity index (χ1v) is 8.74. The monoisotopic (exact) mass is 397 g/mol. The molecule has 0 radical (unpaired) electrons. The number of amidine groups is 1. The van der Waals surface area contributed by atoms with Gasteiger partial charge in [-0.05, 0) is 18.2 Å². The molecule has 0 spiro atoms. The van der Waals surface area contributed by atoms with E-state index in [0.717, 1.165) is 0 Å². The Morgan fingerprint density at radius 3 is 2.63 bits per heavy atom. The van der Waals surface area contributed by atoms with E-state index >= 15 is 0 Å². The maximum Gasteiger partial charge on any atom is 0.137 e. The number of piperazine rings is 1. The Bertz CT molecular complexity index is 1340. The lowest BCUT2D eigenvalue weighted by molar-refractivity contribution is 0.0652. The summed E-state index contributed by atoms with van der Waals surface area (Å²) in [5.74, 6) is -0.478. The van der Waals surface area contributed by atoms with Crippen molar-refractivity contribution in [2.24, 2.45) is 4.99 Å². The van der Waals surface area contributed by atoms with E-state index in [9.17, 15) is 5.11 Å². The van der Waals surface area contributed by atoms with Crippen LogP contribution in [0.3, 0.4) is 0 Å². The Labute approximate surface area is 184 Å². The average molecular weight is 398 g/mol. The van der Waals surface area contributed by atoms with Gasteiger partial charge in [0.15, 0.2) is 0 Å². The summed E-state index contributed by atoms with van der Waals surface area (Å²) in [6, 6.07) is 13.0. The molecule has 142 valence electrons. The van der Waals surface area contributed by atoms with Crippen LogP contribution in [0.2, 0.25) is 0 Å². The van der Waals surface area contributed by atoms with Gasteiger partial charge in [0.2, 0.25) is 0 Å². The van der Waals surface area contributed by atoms with E-state index < -0.39 is 62.9 Å². The molecule has 0 amide bonds. The summed E-state index contributed by atoms with van der Waals surface area (Å²) in [6.07, 6.45) is 0. The quantitative estimate of drug-likeness (QED) is 0.841. The fraction of sp³-hybridized carbons (Fsp3) is 0.381. The molecule has 1 saturated heterocycles. The van der Waals surface area contributed by atoms with Gasteiger partial charge < -0.3 is 14.7 Å². The van der Waals surface area contributed by atoms with Crippen molar-refractivity contribution in [3.05, 3.63) is 54.1 Å². The van der Waals surface area contributed by atoms with Gasteiger partial charge in [-0.15, -0.1) is 0 Å². The molecule has 1 N–H and O–H groups in total. The van der Waals surface area contributed by atoms with E-state index in [1.54, 1.807) is 42.5 Å². The molecule has 0 unspecified atom stereocenters. The summed E-state index contributed by atoms with van der Waals surface area (Å²) in [5, 5.41) is 9.30. The molecular formula is C21H25N3O2S. The highest BCUT2D eigenvalue weighted by Crippen LogP contribution is 2.40. The normalized spacial score (nSPS) is 33.8. The number of nitrogens with zero attached hydrogens (tertiary/aromatic N) is 3. The van der Waals surface area contributed by atoms with Gasteiger partial charge in [-0.3, -0.25) is 4.90 Å². The number of hydrogen-bond acceptors (Lipinski definition) is 6. The van der Waals surface area contributed by atoms with E-state index in [4.69, 9.17) is 19.2 Å². The van der Waals surface area contributed by atoms with E-state index in [2.05, 4.69) is 9.73 Å². The fourth-order valence-corrected chi connectivity index (χ4v) is 3.42. The molecule has 6 heteroatoms. The summed E-state index contributed by atoms with van der Waals surface area (Å²) in [4.78, 5) is 5.15. The minimum atomic E-state index is -3.97. The zero-order chi connectivity index (χ0) is 31.0. The third-order valence-electron chi connectivity index (χ3n) is 3.56. The molecule has 0 aliphatic carbocycles. The summed E-state index contributed by atoms with van der Waals surface area (Å²) in [5.41, 5.74) is 0.408. The van der Waals surface area contributed by atoms with Crippen LogP contribution in [0.25, 0.3) is 0 Å². The third kappa shape index (κ3) is 4.35. The Balaban J connectivity index is 1.94. The van der Waals surface area contributed by atoms with Crippen molar-refractivity contribution in [3.63, 3.8) is 0 Å². The predicted molar refractivity (Wildman–Crippen MR) is 109 cm³/mol. The Hall–Kier alpha value is -1.86. The van der Waals surface area contributed by atoms with Crippen LogP contribution in [0, 0.1) is 0 Å². The van der Waals surface area contributed by atoms with Gasteiger partial charge in [-0.1, -0.05) is 42.1 Å². The van der Waals surface area contributed by atoms with Crippen molar-refractivity contribution in [1.29, 1.82) is 0 Å². The predicted octanol–water partition coefficient (Wildman–Crippen LogP) is 2.86. The van der Waals surface area contributed by atoms with Crippen molar-refractivity contribution >= 4 is 23.3 Å². The van der Waals surface area contributed by atoms with Crippen LogP contribution in [-0.2, 0) is 4.74 Å². The molecule has 0 bridgehead atoms. The van der Waals surface area contributed by atoms with Gasteiger partial charge in [-0.25, -0.2) is 4.99 Å². The lowest BCUT2D eigenvalue weighted by Gasteiger charge is -2.36. The van der Waals surface area contributed by atoms with E-state index in [0.29, 0.717) is 9.79 Å². The molecule has 2 aliphatic rings. The van der Waals surface area contributed by atoms with Gasteiger partial charge >= 0.3 is 0 Å². The molecule has 27 heavy (non-hydrogen) atoms. The summed E-state index contributed by atoms with van der Waals surface area (Å²) >= 11 is 1.23. The molecular weight excluding hydrogens is 358 g/mol. The number of benzene rings is 2. The molecule has 2 aliphatic heterocycles. The number of ether oxygens (including phenoxy) is 1. The minimum Gasteiger partial charge on any atom is -0.394 e. The maximum atomic E-state index is 9.30. The topological polar surface area (TPSA) is 48.3 Å². The second-order valence-corrected chi connectivity index (χ2v) is 6.36. The molecule has 2 aromatic rings. The Morgan fingerprint density at radius 1 is 1.07 bits per heavy atom. The highest BCUT2D eigenvalue weighted by atomic mass is 32.2. The Kier molecular flexibility index (Phi) is 2.72. The van der Waals surface area contributed by atoms with Crippen molar-refractivity contribution in [1.82, 2.24) is 9.80 Å². The minimum absolute atomic E-state index is 0.147. The first-order chi connectivity index (χ1) is 18.5. The van der Waals surface area contributed by atoms with Crippen LogP contribution < -0.4 is 0 Å². The third-order valence-corrected chi connectivity index (χ3v) is 4.71. The standard InChI is InChI=1S/C21H25N3O2S/c25-14-16-26-15-13-23-9-11-24(12-10-23)21-17-5-1-3-7-19(17)27-20-8-4-2-6-18(20)22-21/h1-8,25H,9-16H2/i9D2,10D2,11D2,12D2,13D2,14D2,15D2. The number of hydrogen-bond donors (Lipinski definition) is 1. The highest BCUT2D eigenvalue weighted by Gasteiger charge is 2.24. The number of aliphatic hydroxyl groups is 1. The lowest BCUT2D eigenvalue weighted by Crippen LogP contribution is -2.49.